The summed E-state index contributed by atoms with van der Waals surface area (Å²) in [6, 6.07) is 18.7. The second kappa shape index (κ2) is 7.23. The molecule has 0 aliphatic heterocycles. The summed E-state index contributed by atoms with van der Waals surface area (Å²) >= 11 is 0. The third-order valence-corrected chi connectivity index (χ3v) is 4.20. The Hall–Kier alpha value is -2.13. The first-order valence-electron chi connectivity index (χ1n) is 7.66. The first-order chi connectivity index (χ1) is 10.5. The van der Waals surface area contributed by atoms with Gasteiger partial charge in [-0.25, -0.2) is 0 Å². The number of hydrogen-bond acceptors (Lipinski definition) is 2. The highest BCUT2D eigenvalue weighted by atomic mass is 16.2. The quantitative estimate of drug-likeness (QED) is 0.918. The molecule has 0 aromatic heterocycles. The van der Waals surface area contributed by atoms with Crippen LogP contribution in [0.25, 0.3) is 11.1 Å². The number of carbonyl (C=O) groups is 1. The summed E-state index contributed by atoms with van der Waals surface area (Å²) in [6.07, 6.45) is 0. The molecule has 0 aliphatic rings. The van der Waals surface area contributed by atoms with E-state index in [1.54, 1.807) is 4.90 Å². The third-order valence-electron chi connectivity index (χ3n) is 4.20. The highest BCUT2D eigenvalue weighted by molar-refractivity contribution is 5.79. The van der Waals surface area contributed by atoms with Gasteiger partial charge in [-0.15, -0.1) is 0 Å². The van der Waals surface area contributed by atoms with Gasteiger partial charge in [0.1, 0.15) is 0 Å². The van der Waals surface area contributed by atoms with Crippen LogP contribution >= 0.6 is 0 Å². The Kier molecular flexibility index (Phi) is 5.34. The number of nitrogens with two attached hydrogens (primary N) is 1. The lowest BCUT2D eigenvalue weighted by molar-refractivity contribution is -0.135. The molecule has 0 bridgehead atoms. The first-order valence-corrected chi connectivity index (χ1v) is 7.66. The Labute approximate surface area is 132 Å². The smallest absolute Gasteiger partial charge is 0.226 e. The van der Waals surface area contributed by atoms with Crippen molar-refractivity contribution in [3.63, 3.8) is 0 Å². The van der Waals surface area contributed by atoms with E-state index in [1.807, 2.05) is 39.1 Å². The molecule has 2 atom stereocenters. The zero-order chi connectivity index (χ0) is 16.1. The van der Waals surface area contributed by atoms with Crippen LogP contribution in [0.15, 0.2) is 54.6 Å². The van der Waals surface area contributed by atoms with Crippen LogP contribution in [-0.4, -0.2) is 24.4 Å². The van der Waals surface area contributed by atoms with Gasteiger partial charge in [-0.05, 0) is 23.6 Å². The molecule has 2 aromatic carbocycles. The minimum atomic E-state index is -0.143. The minimum absolute atomic E-state index is 0.0336. The maximum atomic E-state index is 12.2. The fourth-order valence-corrected chi connectivity index (χ4v) is 2.45. The SMILES string of the molecule is CC(CN)C(=O)N(C)C(C)c1ccc(-c2ccccc2)cc1. The van der Waals surface area contributed by atoms with E-state index in [1.165, 1.54) is 11.1 Å². The van der Waals surface area contributed by atoms with Crippen molar-refractivity contribution in [3.8, 4) is 11.1 Å². The van der Waals surface area contributed by atoms with Crippen molar-refractivity contribution in [2.24, 2.45) is 11.7 Å². The van der Waals surface area contributed by atoms with Gasteiger partial charge in [0.25, 0.3) is 0 Å². The highest BCUT2D eigenvalue weighted by Gasteiger charge is 2.21. The molecule has 2 rings (SSSR count). The summed E-state index contributed by atoms with van der Waals surface area (Å²) in [5, 5.41) is 0. The van der Waals surface area contributed by atoms with Crippen molar-refractivity contribution in [1.29, 1.82) is 0 Å². The van der Waals surface area contributed by atoms with Gasteiger partial charge in [0.15, 0.2) is 0 Å². The topological polar surface area (TPSA) is 46.3 Å². The lowest BCUT2D eigenvalue weighted by atomic mass is 10.00. The van der Waals surface area contributed by atoms with E-state index < -0.39 is 0 Å². The van der Waals surface area contributed by atoms with Gasteiger partial charge in [-0.1, -0.05) is 61.5 Å². The van der Waals surface area contributed by atoms with Gasteiger partial charge in [-0.3, -0.25) is 4.79 Å². The maximum Gasteiger partial charge on any atom is 0.226 e. The lowest BCUT2D eigenvalue weighted by Gasteiger charge is -2.27. The van der Waals surface area contributed by atoms with Gasteiger partial charge < -0.3 is 10.6 Å². The molecule has 0 aliphatic carbocycles. The van der Waals surface area contributed by atoms with Crippen molar-refractivity contribution < 1.29 is 4.79 Å². The second-order valence-corrected chi connectivity index (χ2v) is 5.75. The van der Waals surface area contributed by atoms with Crippen LogP contribution in [-0.2, 0) is 4.79 Å². The zero-order valence-electron chi connectivity index (χ0n) is 13.5. The second-order valence-electron chi connectivity index (χ2n) is 5.75. The molecule has 0 spiro atoms. The number of hydrogen-bond donors (Lipinski definition) is 1. The molecule has 2 unspecified atom stereocenters. The van der Waals surface area contributed by atoms with Gasteiger partial charge in [0.05, 0.1) is 6.04 Å². The Balaban J connectivity index is 2.14. The zero-order valence-corrected chi connectivity index (χ0v) is 13.5. The molecule has 0 saturated heterocycles. The Morgan fingerprint density at radius 3 is 2.09 bits per heavy atom. The lowest BCUT2D eigenvalue weighted by Crippen LogP contribution is -2.36. The fraction of sp³-hybridized carbons (Fsp3) is 0.316. The van der Waals surface area contributed by atoms with Crippen molar-refractivity contribution in [2.45, 2.75) is 19.9 Å². The molecule has 1 amide bonds. The molecule has 0 saturated carbocycles. The number of benzene rings is 2. The summed E-state index contributed by atoms with van der Waals surface area (Å²) in [5.74, 6) is -0.0572. The normalized spacial score (nSPS) is 13.5. The molecule has 2 aromatic rings. The molecular weight excluding hydrogens is 272 g/mol. The van der Waals surface area contributed by atoms with Crippen molar-refractivity contribution in [2.75, 3.05) is 13.6 Å². The van der Waals surface area contributed by atoms with Crippen LogP contribution in [0.2, 0.25) is 0 Å². The number of rotatable bonds is 5. The van der Waals surface area contributed by atoms with E-state index >= 15 is 0 Å². The van der Waals surface area contributed by atoms with E-state index in [0.29, 0.717) is 6.54 Å². The molecule has 0 radical (unpaired) electrons. The summed E-state index contributed by atoms with van der Waals surface area (Å²) in [6.45, 7) is 4.28. The number of nitrogens with zero attached hydrogens (tertiary/aromatic N) is 1. The van der Waals surface area contributed by atoms with Crippen molar-refractivity contribution in [3.05, 3.63) is 60.2 Å². The van der Waals surface area contributed by atoms with Crippen LogP contribution in [0.4, 0.5) is 0 Å². The average Bonchev–Trinajstić information content (AvgIpc) is 2.60. The van der Waals surface area contributed by atoms with E-state index in [4.69, 9.17) is 5.73 Å². The van der Waals surface area contributed by atoms with Crippen LogP contribution in [0.1, 0.15) is 25.5 Å². The summed E-state index contributed by atoms with van der Waals surface area (Å²) in [5.41, 5.74) is 9.09. The Morgan fingerprint density at radius 2 is 1.55 bits per heavy atom. The molecule has 3 nitrogen and oxygen atoms in total. The largest absolute Gasteiger partial charge is 0.339 e. The first kappa shape index (κ1) is 16.2. The predicted molar refractivity (Wildman–Crippen MR) is 91.3 cm³/mol. The van der Waals surface area contributed by atoms with Crippen molar-refractivity contribution in [1.82, 2.24) is 4.90 Å². The molecule has 3 heteroatoms. The molecule has 0 fully saturated rings. The summed E-state index contributed by atoms with van der Waals surface area (Å²) < 4.78 is 0. The monoisotopic (exact) mass is 296 g/mol. The minimum Gasteiger partial charge on any atom is -0.339 e. The Morgan fingerprint density at radius 1 is 1.00 bits per heavy atom. The van der Waals surface area contributed by atoms with E-state index in [-0.39, 0.29) is 17.9 Å². The average molecular weight is 296 g/mol. The standard InChI is InChI=1S/C19H24N2O/c1-14(13-20)19(22)21(3)15(2)16-9-11-18(12-10-16)17-7-5-4-6-8-17/h4-12,14-15H,13,20H2,1-3H3. The third kappa shape index (κ3) is 3.55. The maximum absolute atomic E-state index is 12.2. The fourth-order valence-electron chi connectivity index (χ4n) is 2.45. The van der Waals surface area contributed by atoms with E-state index in [2.05, 4.69) is 36.4 Å². The van der Waals surface area contributed by atoms with Crippen LogP contribution in [0, 0.1) is 5.92 Å². The number of amides is 1. The van der Waals surface area contributed by atoms with Gasteiger partial charge in [0, 0.05) is 19.5 Å². The molecule has 2 N–H and O–H groups in total. The van der Waals surface area contributed by atoms with Crippen LogP contribution in [0.3, 0.4) is 0 Å². The predicted octanol–water partition coefficient (Wildman–Crippen LogP) is 3.47. The molecule has 116 valence electrons. The number of carbonyl (C=O) groups excluding carboxylic acids is 1. The van der Waals surface area contributed by atoms with Gasteiger partial charge in [0.2, 0.25) is 5.91 Å². The summed E-state index contributed by atoms with van der Waals surface area (Å²) in [4.78, 5) is 14.0. The highest BCUT2D eigenvalue weighted by Crippen LogP contribution is 2.24. The molecular formula is C19H24N2O. The van der Waals surface area contributed by atoms with E-state index in [9.17, 15) is 4.79 Å². The Bertz CT molecular complexity index is 607. The van der Waals surface area contributed by atoms with Crippen LogP contribution in [0.5, 0.6) is 0 Å². The van der Waals surface area contributed by atoms with Gasteiger partial charge in [-0.2, -0.15) is 0 Å². The molecule has 0 heterocycles. The summed E-state index contributed by atoms with van der Waals surface area (Å²) in [7, 11) is 1.84. The molecule has 22 heavy (non-hydrogen) atoms. The van der Waals surface area contributed by atoms with Crippen LogP contribution < -0.4 is 5.73 Å². The van der Waals surface area contributed by atoms with Gasteiger partial charge >= 0.3 is 0 Å². The van der Waals surface area contributed by atoms with Crippen molar-refractivity contribution >= 4 is 5.91 Å². The van der Waals surface area contributed by atoms with E-state index in [0.717, 1.165) is 5.56 Å².